The highest BCUT2D eigenvalue weighted by Crippen LogP contribution is 2.36. The van der Waals surface area contributed by atoms with Crippen molar-refractivity contribution in [3.63, 3.8) is 0 Å². The molecule has 0 atom stereocenters. The van der Waals surface area contributed by atoms with Gasteiger partial charge in [0.15, 0.2) is 0 Å². The predicted molar refractivity (Wildman–Crippen MR) is 89.3 cm³/mol. The minimum atomic E-state index is -0.730. The Morgan fingerprint density at radius 2 is 2.17 bits per heavy atom. The van der Waals surface area contributed by atoms with E-state index in [2.05, 4.69) is 9.88 Å². The van der Waals surface area contributed by atoms with Crippen molar-refractivity contribution in [2.45, 2.75) is 25.8 Å². The van der Waals surface area contributed by atoms with Gasteiger partial charge in [-0.1, -0.05) is 6.07 Å². The number of carboxylic acid groups (broad SMARTS) is 1. The van der Waals surface area contributed by atoms with Crippen LogP contribution in [0.2, 0.25) is 0 Å². The van der Waals surface area contributed by atoms with E-state index in [9.17, 15) is 14.3 Å². The quantitative estimate of drug-likeness (QED) is 0.852. The number of halogens is 1. The number of rotatable bonds is 6. The van der Waals surface area contributed by atoms with Crippen LogP contribution in [0.15, 0.2) is 24.3 Å². The molecule has 0 spiro atoms. The molecule has 2 aromatic rings. The Morgan fingerprint density at radius 1 is 1.42 bits per heavy atom. The summed E-state index contributed by atoms with van der Waals surface area (Å²) in [5, 5.41) is 10.2. The lowest BCUT2D eigenvalue weighted by Crippen LogP contribution is -2.44. The van der Waals surface area contributed by atoms with E-state index >= 15 is 0 Å². The summed E-state index contributed by atoms with van der Waals surface area (Å²) < 4.78 is 18.8. The minimum absolute atomic E-state index is 0.224. The van der Waals surface area contributed by atoms with Crippen molar-refractivity contribution < 1.29 is 19.0 Å². The molecule has 6 heteroatoms. The highest BCUT2D eigenvalue weighted by atomic mass is 19.1. The summed E-state index contributed by atoms with van der Waals surface area (Å²) in [6.45, 7) is 2.57. The number of H-pyrrole nitrogens is 1. The summed E-state index contributed by atoms with van der Waals surface area (Å²) in [4.78, 5) is 17.1. The molecule has 2 N–H and O–H groups in total. The molecule has 0 aliphatic carbocycles. The van der Waals surface area contributed by atoms with Gasteiger partial charge < -0.3 is 14.8 Å². The van der Waals surface area contributed by atoms with E-state index in [-0.39, 0.29) is 5.82 Å². The first kappa shape index (κ1) is 16.9. The van der Waals surface area contributed by atoms with Crippen LogP contribution in [0.5, 0.6) is 0 Å². The van der Waals surface area contributed by atoms with Gasteiger partial charge in [0.25, 0.3) is 0 Å². The number of nitrogens with zero attached hydrogens (tertiary/aromatic N) is 1. The molecule has 3 rings (SSSR count). The zero-order valence-corrected chi connectivity index (χ0v) is 13.8. The topological polar surface area (TPSA) is 65.6 Å². The maximum Gasteiger partial charge on any atom is 0.309 e. The smallest absolute Gasteiger partial charge is 0.309 e. The average Bonchev–Trinajstić information content (AvgIpc) is 2.98. The first-order valence-electron chi connectivity index (χ1n) is 8.25. The van der Waals surface area contributed by atoms with Crippen LogP contribution < -0.4 is 0 Å². The van der Waals surface area contributed by atoms with Crippen LogP contribution in [0, 0.1) is 11.2 Å². The summed E-state index contributed by atoms with van der Waals surface area (Å²) in [7, 11) is 1.60. The average molecular weight is 334 g/mol. The number of fused-ring (bicyclic) bond motifs is 1. The fraction of sp³-hybridized carbons (Fsp3) is 0.500. The minimum Gasteiger partial charge on any atom is -0.481 e. The maximum atomic E-state index is 13.8. The van der Waals surface area contributed by atoms with Crippen molar-refractivity contribution in [2.24, 2.45) is 5.41 Å². The SMILES string of the molecule is COCCC1(C(=O)O)CCN(Cc2cc3c(F)cccc3[nH]2)CC1. The lowest BCUT2D eigenvalue weighted by atomic mass is 9.76. The van der Waals surface area contributed by atoms with Gasteiger partial charge in [0.1, 0.15) is 5.82 Å². The lowest BCUT2D eigenvalue weighted by molar-refractivity contribution is -0.153. The monoisotopic (exact) mass is 334 g/mol. The van der Waals surface area contributed by atoms with Crippen molar-refractivity contribution in [1.29, 1.82) is 0 Å². The van der Waals surface area contributed by atoms with E-state index in [1.165, 1.54) is 6.07 Å². The molecule has 1 fully saturated rings. The summed E-state index contributed by atoms with van der Waals surface area (Å²) in [5.41, 5.74) is 1.07. The summed E-state index contributed by atoms with van der Waals surface area (Å²) >= 11 is 0. The lowest BCUT2D eigenvalue weighted by Gasteiger charge is -2.38. The molecular formula is C18H23FN2O3. The molecule has 5 nitrogen and oxygen atoms in total. The Kier molecular flexibility index (Phi) is 4.87. The Balaban J connectivity index is 1.65. The number of carbonyl (C=O) groups is 1. The summed E-state index contributed by atoms with van der Waals surface area (Å²) in [6.07, 6.45) is 1.77. The first-order chi connectivity index (χ1) is 11.5. The number of aromatic nitrogens is 1. The van der Waals surface area contributed by atoms with Gasteiger partial charge in [0.2, 0.25) is 0 Å². The molecule has 0 bridgehead atoms. The molecule has 0 unspecified atom stereocenters. The van der Waals surface area contributed by atoms with Crippen molar-refractivity contribution in [3.05, 3.63) is 35.8 Å². The zero-order valence-electron chi connectivity index (χ0n) is 13.8. The largest absolute Gasteiger partial charge is 0.481 e. The predicted octanol–water partition coefficient (Wildman–Crippen LogP) is 3.01. The van der Waals surface area contributed by atoms with Crippen LogP contribution in [0.3, 0.4) is 0 Å². The number of carboxylic acids is 1. The van der Waals surface area contributed by atoms with Gasteiger partial charge in [-0.3, -0.25) is 9.69 Å². The van der Waals surface area contributed by atoms with Crippen LogP contribution in [0.4, 0.5) is 4.39 Å². The number of benzene rings is 1. The van der Waals surface area contributed by atoms with Gasteiger partial charge in [-0.2, -0.15) is 0 Å². The summed E-state index contributed by atoms with van der Waals surface area (Å²) in [5.74, 6) is -0.954. The number of hydrogen-bond acceptors (Lipinski definition) is 3. The molecule has 1 aliphatic rings. The molecule has 1 aromatic carbocycles. The molecule has 0 radical (unpaired) electrons. The standard InChI is InChI=1S/C18H23FN2O3/c1-24-10-7-18(17(22)23)5-8-21(9-6-18)12-13-11-14-15(19)3-2-4-16(14)20-13/h2-4,11,20H,5-10,12H2,1H3,(H,22,23). The number of aliphatic carboxylic acids is 1. The number of nitrogens with one attached hydrogen (secondary N) is 1. The van der Waals surface area contributed by atoms with Gasteiger partial charge in [-0.25, -0.2) is 4.39 Å². The van der Waals surface area contributed by atoms with Crippen molar-refractivity contribution in [2.75, 3.05) is 26.8 Å². The molecule has 130 valence electrons. The Bertz CT molecular complexity index is 720. The van der Waals surface area contributed by atoms with Gasteiger partial charge in [-0.15, -0.1) is 0 Å². The molecule has 0 saturated carbocycles. The fourth-order valence-electron chi connectivity index (χ4n) is 3.51. The van der Waals surface area contributed by atoms with Crippen LogP contribution in [-0.4, -0.2) is 47.8 Å². The fourth-order valence-corrected chi connectivity index (χ4v) is 3.51. The second-order valence-corrected chi connectivity index (χ2v) is 6.60. The van der Waals surface area contributed by atoms with E-state index in [1.807, 2.05) is 12.1 Å². The summed E-state index contributed by atoms with van der Waals surface area (Å²) in [6, 6.07) is 6.85. The molecule has 1 saturated heterocycles. The Morgan fingerprint density at radius 3 is 2.79 bits per heavy atom. The highest BCUT2D eigenvalue weighted by molar-refractivity contribution is 5.81. The number of methoxy groups -OCH3 is 1. The maximum absolute atomic E-state index is 13.8. The molecule has 24 heavy (non-hydrogen) atoms. The van der Waals surface area contributed by atoms with Gasteiger partial charge >= 0.3 is 5.97 Å². The zero-order chi connectivity index (χ0) is 17.2. The molecule has 1 aliphatic heterocycles. The van der Waals surface area contributed by atoms with Gasteiger partial charge in [-0.05, 0) is 50.6 Å². The molecule has 1 aromatic heterocycles. The molecule has 0 amide bonds. The van der Waals surface area contributed by atoms with Gasteiger partial charge in [0.05, 0.1) is 5.41 Å². The van der Waals surface area contributed by atoms with E-state index < -0.39 is 11.4 Å². The number of aromatic amines is 1. The van der Waals surface area contributed by atoms with E-state index in [0.29, 0.717) is 50.9 Å². The number of hydrogen-bond donors (Lipinski definition) is 2. The van der Waals surface area contributed by atoms with Crippen LogP contribution in [0.25, 0.3) is 10.9 Å². The van der Waals surface area contributed by atoms with E-state index in [0.717, 1.165) is 11.2 Å². The number of likely N-dealkylation sites (tertiary alicyclic amines) is 1. The highest BCUT2D eigenvalue weighted by Gasteiger charge is 2.41. The second kappa shape index (κ2) is 6.91. The second-order valence-electron chi connectivity index (χ2n) is 6.60. The van der Waals surface area contributed by atoms with Crippen LogP contribution in [0.1, 0.15) is 25.0 Å². The third kappa shape index (κ3) is 3.30. The normalized spacial score (nSPS) is 18.1. The van der Waals surface area contributed by atoms with E-state index in [1.54, 1.807) is 13.2 Å². The van der Waals surface area contributed by atoms with Crippen LogP contribution >= 0.6 is 0 Å². The number of piperidine rings is 1. The molecule has 2 heterocycles. The first-order valence-corrected chi connectivity index (χ1v) is 8.25. The van der Waals surface area contributed by atoms with E-state index in [4.69, 9.17) is 4.74 Å². The van der Waals surface area contributed by atoms with Crippen molar-refractivity contribution in [3.8, 4) is 0 Å². The van der Waals surface area contributed by atoms with Crippen LogP contribution in [-0.2, 0) is 16.1 Å². The van der Waals surface area contributed by atoms with Gasteiger partial charge in [0, 0.05) is 36.9 Å². The third-order valence-electron chi connectivity index (χ3n) is 5.11. The number of ether oxygens (including phenoxy) is 1. The molecular weight excluding hydrogens is 311 g/mol. The Labute approximate surface area is 140 Å². The van der Waals surface area contributed by atoms with Crippen molar-refractivity contribution >= 4 is 16.9 Å². The van der Waals surface area contributed by atoms with Crippen molar-refractivity contribution in [1.82, 2.24) is 9.88 Å². The Hall–Kier alpha value is -1.92. The third-order valence-corrected chi connectivity index (χ3v) is 5.11.